The Balaban J connectivity index is 2.12. The second kappa shape index (κ2) is 3.55. The van der Waals surface area contributed by atoms with Gasteiger partial charge in [-0.3, -0.25) is 9.59 Å². The van der Waals surface area contributed by atoms with Crippen LogP contribution >= 0.6 is 0 Å². The molecule has 1 aromatic rings. The van der Waals surface area contributed by atoms with E-state index in [1.165, 1.54) is 6.92 Å². The zero-order valence-electron chi connectivity index (χ0n) is 10.4. The Hall–Kier alpha value is -1.90. The average molecular weight is 242 g/mol. The fourth-order valence-electron chi connectivity index (χ4n) is 3.00. The van der Waals surface area contributed by atoms with E-state index in [9.17, 15) is 9.59 Å². The summed E-state index contributed by atoms with van der Waals surface area (Å²) in [7, 11) is 0. The van der Waals surface area contributed by atoms with Crippen LogP contribution in [0.4, 0.5) is 0 Å². The highest BCUT2D eigenvalue weighted by molar-refractivity contribution is 6.05. The number of fused-ring (bicyclic) bond motifs is 4. The Morgan fingerprint density at radius 2 is 2.11 bits per heavy atom. The topological polar surface area (TPSA) is 43.4 Å². The molecule has 3 rings (SSSR count). The van der Waals surface area contributed by atoms with Gasteiger partial charge in [-0.2, -0.15) is 0 Å². The lowest BCUT2D eigenvalue weighted by Crippen LogP contribution is -2.33. The minimum absolute atomic E-state index is 0.0550. The molecule has 2 unspecified atom stereocenters. The van der Waals surface area contributed by atoms with Crippen molar-refractivity contribution in [1.82, 2.24) is 0 Å². The van der Waals surface area contributed by atoms with E-state index < -0.39 is 5.41 Å². The van der Waals surface area contributed by atoms with Gasteiger partial charge in [0.2, 0.25) is 0 Å². The van der Waals surface area contributed by atoms with Crippen molar-refractivity contribution in [2.24, 2.45) is 5.41 Å². The van der Waals surface area contributed by atoms with Gasteiger partial charge in [-0.05, 0) is 25.0 Å². The third kappa shape index (κ3) is 1.37. The standard InChI is InChI=1S/C15H14O3/c1-9(16)18-13-7-10-8-15(13,2)14(17)12-6-4-3-5-11(10)12/h3-7,10H,8H2,1-2H3. The Labute approximate surface area is 105 Å². The van der Waals surface area contributed by atoms with Crippen molar-refractivity contribution in [3.05, 3.63) is 47.2 Å². The van der Waals surface area contributed by atoms with E-state index >= 15 is 0 Å². The van der Waals surface area contributed by atoms with Gasteiger partial charge >= 0.3 is 5.97 Å². The Kier molecular flexibility index (Phi) is 2.21. The molecule has 0 amide bonds. The SMILES string of the molecule is CC(=O)OC1=CC2CC1(C)C(=O)c1ccccc12. The van der Waals surface area contributed by atoms with Gasteiger partial charge in [-0.15, -0.1) is 0 Å². The van der Waals surface area contributed by atoms with Crippen molar-refractivity contribution in [2.45, 2.75) is 26.2 Å². The van der Waals surface area contributed by atoms with Gasteiger partial charge in [0.05, 0.1) is 5.41 Å². The number of carbonyl (C=O) groups excluding carboxylic acids is 2. The molecule has 0 spiro atoms. The summed E-state index contributed by atoms with van der Waals surface area (Å²) >= 11 is 0. The van der Waals surface area contributed by atoms with Crippen molar-refractivity contribution in [2.75, 3.05) is 0 Å². The molecule has 0 saturated carbocycles. The molecule has 0 aromatic heterocycles. The number of hydrogen-bond acceptors (Lipinski definition) is 3. The highest BCUT2D eigenvalue weighted by atomic mass is 16.5. The van der Waals surface area contributed by atoms with Crippen molar-refractivity contribution in [3.63, 3.8) is 0 Å². The maximum Gasteiger partial charge on any atom is 0.307 e. The van der Waals surface area contributed by atoms with Gasteiger partial charge in [-0.25, -0.2) is 0 Å². The van der Waals surface area contributed by atoms with E-state index in [-0.39, 0.29) is 17.7 Å². The Bertz CT molecular complexity index is 585. The predicted molar refractivity (Wildman–Crippen MR) is 66.1 cm³/mol. The molecule has 0 fully saturated rings. The minimum atomic E-state index is -0.676. The monoisotopic (exact) mass is 242 g/mol. The van der Waals surface area contributed by atoms with E-state index in [0.717, 1.165) is 11.1 Å². The summed E-state index contributed by atoms with van der Waals surface area (Å²) in [6, 6.07) is 7.64. The lowest BCUT2D eigenvalue weighted by Gasteiger charge is -2.31. The van der Waals surface area contributed by atoms with Crippen LogP contribution in [0.3, 0.4) is 0 Å². The average Bonchev–Trinajstić information content (AvgIpc) is 2.62. The van der Waals surface area contributed by atoms with E-state index in [1.54, 1.807) is 0 Å². The summed E-state index contributed by atoms with van der Waals surface area (Å²) in [5.74, 6) is 0.380. The normalized spacial score (nSPS) is 28.7. The van der Waals surface area contributed by atoms with Crippen LogP contribution in [-0.2, 0) is 9.53 Å². The molecule has 18 heavy (non-hydrogen) atoms. The van der Waals surface area contributed by atoms with Crippen LogP contribution in [0.1, 0.15) is 42.1 Å². The fourth-order valence-corrected chi connectivity index (χ4v) is 3.00. The van der Waals surface area contributed by atoms with E-state index in [2.05, 4.69) is 0 Å². The zero-order valence-corrected chi connectivity index (χ0v) is 10.4. The van der Waals surface area contributed by atoms with E-state index in [1.807, 2.05) is 37.3 Å². The maximum atomic E-state index is 12.6. The Morgan fingerprint density at radius 1 is 1.39 bits per heavy atom. The van der Waals surface area contributed by atoms with Crippen molar-refractivity contribution in [3.8, 4) is 0 Å². The number of Topliss-reactive ketones (excluding diaryl/α,β-unsaturated/α-hetero) is 1. The number of allylic oxidation sites excluding steroid dienone is 2. The first-order valence-corrected chi connectivity index (χ1v) is 6.07. The van der Waals surface area contributed by atoms with Gasteiger partial charge in [0.1, 0.15) is 5.76 Å². The second-order valence-electron chi connectivity index (χ2n) is 5.18. The molecule has 2 atom stereocenters. The lowest BCUT2D eigenvalue weighted by molar-refractivity contribution is -0.138. The molecule has 0 saturated heterocycles. The van der Waals surface area contributed by atoms with Gasteiger partial charge in [-0.1, -0.05) is 24.3 Å². The van der Waals surface area contributed by atoms with Crippen molar-refractivity contribution < 1.29 is 14.3 Å². The molecular weight excluding hydrogens is 228 g/mol. The fraction of sp³-hybridized carbons (Fsp3) is 0.333. The van der Waals surface area contributed by atoms with Gasteiger partial charge in [0.15, 0.2) is 5.78 Å². The van der Waals surface area contributed by atoms with Crippen LogP contribution in [-0.4, -0.2) is 11.8 Å². The summed E-state index contributed by atoms with van der Waals surface area (Å²) in [4.78, 5) is 23.7. The largest absolute Gasteiger partial charge is 0.430 e. The quantitative estimate of drug-likeness (QED) is 0.711. The molecule has 3 heteroatoms. The first-order chi connectivity index (χ1) is 8.52. The number of rotatable bonds is 1. The molecule has 2 bridgehead atoms. The molecule has 1 aromatic carbocycles. The molecular formula is C15H14O3. The summed E-state index contributed by atoms with van der Waals surface area (Å²) in [5, 5.41) is 0. The summed E-state index contributed by atoms with van der Waals surface area (Å²) in [5.41, 5.74) is 1.13. The van der Waals surface area contributed by atoms with Crippen LogP contribution < -0.4 is 0 Å². The number of benzene rings is 1. The molecule has 0 heterocycles. The number of ketones is 1. The van der Waals surface area contributed by atoms with Gasteiger partial charge in [0.25, 0.3) is 0 Å². The lowest BCUT2D eigenvalue weighted by atomic mass is 9.71. The summed E-state index contributed by atoms with van der Waals surface area (Å²) in [6.45, 7) is 3.23. The smallest absolute Gasteiger partial charge is 0.307 e. The minimum Gasteiger partial charge on any atom is -0.430 e. The van der Waals surface area contributed by atoms with Crippen LogP contribution in [0.5, 0.6) is 0 Å². The molecule has 2 aliphatic rings. The van der Waals surface area contributed by atoms with Crippen molar-refractivity contribution >= 4 is 11.8 Å². The molecule has 92 valence electrons. The van der Waals surface area contributed by atoms with Crippen LogP contribution in [0.25, 0.3) is 0 Å². The van der Waals surface area contributed by atoms with Gasteiger partial charge in [0, 0.05) is 18.4 Å². The van der Waals surface area contributed by atoms with E-state index in [0.29, 0.717) is 12.2 Å². The Morgan fingerprint density at radius 3 is 2.83 bits per heavy atom. The zero-order chi connectivity index (χ0) is 12.9. The first kappa shape index (κ1) is 11.2. The maximum absolute atomic E-state index is 12.6. The third-order valence-corrected chi connectivity index (χ3v) is 3.88. The number of carbonyl (C=O) groups is 2. The highest BCUT2D eigenvalue weighted by Gasteiger charge is 2.50. The summed E-state index contributed by atoms with van der Waals surface area (Å²) in [6.07, 6.45) is 2.62. The number of esters is 1. The molecule has 3 nitrogen and oxygen atoms in total. The first-order valence-electron chi connectivity index (χ1n) is 6.07. The highest BCUT2D eigenvalue weighted by Crippen LogP contribution is 2.53. The number of hydrogen-bond donors (Lipinski definition) is 0. The summed E-state index contributed by atoms with van der Waals surface area (Å²) < 4.78 is 5.23. The van der Waals surface area contributed by atoms with Crippen LogP contribution in [0, 0.1) is 5.41 Å². The van der Waals surface area contributed by atoms with Crippen LogP contribution in [0.2, 0.25) is 0 Å². The molecule has 0 radical (unpaired) electrons. The van der Waals surface area contributed by atoms with Crippen LogP contribution in [0.15, 0.2) is 36.1 Å². The van der Waals surface area contributed by atoms with Crippen molar-refractivity contribution in [1.29, 1.82) is 0 Å². The second-order valence-corrected chi connectivity index (χ2v) is 5.18. The van der Waals surface area contributed by atoms with Gasteiger partial charge < -0.3 is 4.74 Å². The molecule has 0 aliphatic heterocycles. The third-order valence-electron chi connectivity index (χ3n) is 3.88. The molecule has 0 N–H and O–H groups in total. The van der Waals surface area contributed by atoms with E-state index in [4.69, 9.17) is 4.74 Å². The molecule has 2 aliphatic carbocycles. The number of ether oxygens (including phenoxy) is 1. The predicted octanol–water partition coefficient (Wildman–Crippen LogP) is 2.82.